The second-order valence-corrected chi connectivity index (χ2v) is 3.83. The molecule has 0 N–H and O–H groups in total. The molecule has 0 saturated heterocycles. The molecule has 0 aliphatic rings. The Kier molecular flexibility index (Phi) is 6.53. The third-order valence-corrected chi connectivity index (χ3v) is 2.61. The number of carbonyl (C=O) groups excluding carboxylic acids is 2. The van der Waals surface area contributed by atoms with E-state index in [4.69, 9.17) is 9.47 Å². The highest BCUT2D eigenvalue weighted by molar-refractivity contribution is 9.09. The Morgan fingerprint density at radius 3 is 2.21 bits per heavy atom. The Morgan fingerprint density at radius 1 is 1.29 bits per heavy atom. The number of alkyl halides is 1. The Labute approximate surface area is 92.1 Å². The Hall–Kier alpha value is -0.580. The van der Waals surface area contributed by atoms with E-state index in [1.807, 2.05) is 6.92 Å². The lowest BCUT2D eigenvalue weighted by Gasteiger charge is -2.20. The molecule has 82 valence electrons. The molecular formula is C9H15BrO4. The van der Waals surface area contributed by atoms with Crippen LogP contribution < -0.4 is 0 Å². The van der Waals surface area contributed by atoms with Crippen molar-refractivity contribution < 1.29 is 19.1 Å². The van der Waals surface area contributed by atoms with E-state index in [1.54, 1.807) is 0 Å². The van der Waals surface area contributed by atoms with Gasteiger partial charge in [-0.1, -0.05) is 6.92 Å². The summed E-state index contributed by atoms with van der Waals surface area (Å²) < 4.78 is 9.76. The lowest BCUT2D eigenvalue weighted by molar-refractivity contribution is -0.147. The van der Waals surface area contributed by atoms with E-state index in [-0.39, 0.29) is 24.5 Å². The number of esters is 2. The molecule has 0 aromatic carbocycles. The maximum Gasteiger partial charge on any atom is 0.303 e. The van der Waals surface area contributed by atoms with Crippen molar-refractivity contribution in [2.24, 2.45) is 5.92 Å². The SMILES string of the molecule is CCC(COC(C)=O)C(Br)OC(C)=O. The molecule has 0 aromatic heterocycles. The average molecular weight is 267 g/mol. The van der Waals surface area contributed by atoms with E-state index in [9.17, 15) is 9.59 Å². The average Bonchev–Trinajstić information content (AvgIpc) is 2.03. The highest BCUT2D eigenvalue weighted by Gasteiger charge is 2.20. The van der Waals surface area contributed by atoms with E-state index >= 15 is 0 Å². The number of hydrogen-bond acceptors (Lipinski definition) is 4. The molecule has 0 heterocycles. The van der Waals surface area contributed by atoms with E-state index in [0.717, 1.165) is 6.42 Å². The molecule has 0 saturated carbocycles. The van der Waals surface area contributed by atoms with Crippen LogP contribution in [0.3, 0.4) is 0 Å². The molecule has 0 spiro atoms. The molecule has 0 radical (unpaired) electrons. The van der Waals surface area contributed by atoms with Crippen LogP contribution in [-0.4, -0.2) is 23.6 Å². The third-order valence-electron chi connectivity index (χ3n) is 1.67. The van der Waals surface area contributed by atoms with Crippen LogP contribution >= 0.6 is 15.9 Å². The Balaban J connectivity index is 3.98. The van der Waals surface area contributed by atoms with Crippen molar-refractivity contribution in [3.8, 4) is 0 Å². The number of ether oxygens (including phenoxy) is 2. The standard InChI is InChI=1S/C9H15BrO4/c1-4-8(5-13-6(2)11)9(10)14-7(3)12/h8-9H,4-5H2,1-3H3. The quantitative estimate of drug-likeness (QED) is 0.563. The van der Waals surface area contributed by atoms with Crippen molar-refractivity contribution in [3.05, 3.63) is 0 Å². The monoisotopic (exact) mass is 266 g/mol. The topological polar surface area (TPSA) is 52.6 Å². The summed E-state index contributed by atoms with van der Waals surface area (Å²) in [5.74, 6) is -0.693. The number of carbonyl (C=O) groups is 2. The fourth-order valence-electron chi connectivity index (χ4n) is 0.858. The fourth-order valence-corrected chi connectivity index (χ4v) is 1.65. The molecule has 0 fully saturated rings. The molecule has 2 atom stereocenters. The van der Waals surface area contributed by atoms with Gasteiger partial charge in [-0.3, -0.25) is 9.59 Å². The summed E-state index contributed by atoms with van der Waals surface area (Å²) in [6.07, 6.45) is 0.760. The predicted octanol–water partition coefficient (Wildman–Crippen LogP) is 1.86. The van der Waals surface area contributed by atoms with Gasteiger partial charge >= 0.3 is 11.9 Å². The van der Waals surface area contributed by atoms with Gasteiger partial charge in [0.25, 0.3) is 0 Å². The van der Waals surface area contributed by atoms with Crippen LogP contribution in [0.5, 0.6) is 0 Å². The molecule has 14 heavy (non-hydrogen) atoms. The first-order chi connectivity index (χ1) is 6.47. The van der Waals surface area contributed by atoms with Gasteiger partial charge in [-0.05, 0) is 22.4 Å². The molecule has 0 amide bonds. The van der Waals surface area contributed by atoms with Gasteiger partial charge in [0.05, 0.1) is 6.61 Å². The van der Waals surface area contributed by atoms with E-state index < -0.39 is 5.01 Å². The van der Waals surface area contributed by atoms with E-state index in [0.29, 0.717) is 0 Å². The van der Waals surface area contributed by atoms with Crippen molar-refractivity contribution in [1.29, 1.82) is 0 Å². The molecule has 0 aromatic rings. The third kappa shape index (κ3) is 5.96. The van der Waals surface area contributed by atoms with Gasteiger partial charge in [0.1, 0.15) is 0 Å². The summed E-state index contributed by atoms with van der Waals surface area (Å²) in [5.41, 5.74) is 0. The lowest BCUT2D eigenvalue weighted by Crippen LogP contribution is -2.24. The Morgan fingerprint density at radius 2 is 1.86 bits per heavy atom. The molecule has 0 bridgehead atoms. The van der Waals surface area contributed by atoms with Gasteiger partial charge < -0.3 is 9.47 Å². The molecule has 2 unspecified atom stereocenters. The van der Waals surface area contributed by atoms with Gasteiger partial charge in [0.2, 0.25) is 0 Å². The van der Waals surface area contributed by atoms with Crippen molar-refractivity contribution in [1.82, 2.24) is 0 Å². The van der Waals surface area contributed by atoms with Crippen molar-refractivity contribution in [3.63, 3.8) is 0 Å². The van der Waals surface area contributed by atoms with Gasteiger partial charge in [-0.2, -0.15) is 0 Å². The second-order valence-electron chi connectivity index (χ2n) is 2.93. The van der Waals surface area contributed by atoms with Crippen LogP contribution in [0.2, 0.25) is 0 Å². The Bertz CT molecular complexity index is 205. The highest BCUT2D eigenvalue weighted by atomic mass is 79.9. The lowest BCUT2D eigenvalue weighted by atomic mass is 10.1. The predicted molar refractivity (Wildman–Crippen MR) is 54.9 cm³/mol. The minimum atomic E-state index is -0.399. The van der Waals surface area contributed by atoms with E-state index in [1.165, 1.54) is 13.8 Å². The summed E-state index contributed by atoms with van der Waals surface area (Å²) in [6.45, 7) is 4.88. The first-order valence-corrected chi connectivity index (χ1v) is 5.33. The summed E-state index contributed by atoms with van der Waals surface area (Å²) in [6, 6.07) is 0. The maximum absolute atomic E-state index is 10.7. The molecule has 0 aliphatic heterocycles. The number of rotatable bonds is 5. The van der Waals surface area contributed by atoms with Crippen molar-refractivity contribution in [2.45, 2.75) is 32.2 Å². The highest BCUT2D eigenvalue weighted by Crippen LogP contribution is 2.18. The smallest absolute Gasteiger partial charge is 0.303 e. The zero-order valence-electron chi connectivity index (χ0n) is 8.58. The van der Waals surface area contributed by atoms with E-state index in [2.05, 4.69) is 15.9 Å². The molecule has 0 rings (SSSR count). The van der Waals surface area contributed by atoms with Crippen molar-refractivity contribution >= 4 is 27.9 Å². The van der Waals surface area contributed by atoms with Crippen molar-refractivity contribution in [2.75, 3.05) is 6.61 Å². The summed E-state index contributed by atoms with van der Waals surface area (Å²) in [4.78, 5) is 21.2. The number of halogens is 1. The minimum absolute atomic E-state index is 0.0113. The summed E-state index contributed by atoms with van der Waals surface area (Å²) in [5, 5.41) is -0.399. The molecule has 4 nitrogen and oxygen atoms in total. The molecule has 5 heteroatoms. The van der Waals surface area contributed by atoms with Gasteiger partial charge in [0, 0.05) is 19.8 Å². The normalized spacial score (nSPS) is 14.3. The summed E-state index contributed by atoms with van der Waals surface area (Å²) >= 11 is 3.22. The zero-order valence-corrected chi connectivity index (χ0v) is 10.2. The largest absolute Gasteiger partial charge is 0.465 e. The van der Waals surface area contributed by atoms with Crippen LogP contribution in [0.4, 0.5) is 0 Å². The van der Waals surface area contributed by atoms with Crippen LogP contribution in [-0.2, 0) is 19.1 Å². The van der Waals surface area contributed by atoms with Crippen LogP contribution in [0.25, 0.3) is 0 Å². The first-order valence-electron chi connectivity index (χ1n) is 4.42. The minimum Gasteiger partial charge on any atom is -0.465 e. The van der Waals surface area contributed by atoms with Gasteiger partial charge in [-0.25, -0.2) is 0 Å². The molecule has 0 aliphatic carbocycles. The van der Waals surface area contributed by atoms with Gasteiger partial charge in [-0.15, -0.1) is 0 Å². The van der Waals surface area contributed by atoms with Crippen LogP contribution in [0, 0.1) is 5.92 Å². The fraction of sp³-hybridized carbons (Fsp3) is 0.778. The number of hydrogen-bond donors (Lipinski definition) is 0. The first kappa shape index (κ1) is 13.4. The second kappa shape index (κ2) is 6.81. The van der Waals surface area contributed by atoms with Crippen LogP contribution in [0.15, 0.2) is 0 Å². The molecular weight excluding hydrogens is 252 g/mol. The zero-order chi connectivity index (χ0) is 11.1. The summed E-state index contributed by atoms with van der Waals surface area (Å²) in [7, 11) is 0. The maximum atomic E-state index is 10.7. The van der Waals surface area contributed by atoms with Crippen LogP contribution in [0.1, 0.15) is 27.2 Å². The van der Waals surface area contributed by atoms with Gasteiger partial charge in [0.15, 0.2) is 5.01 Å².